The van der Waals surface area contributed by atoms with Gasteiger partial charge in [0.25, 0.3) is 0 Å². The van der Waals surface area contributed by atoms with Crippen molar-refractivity contribution in [3.8, 4) is 0 Å². The van der Waals surface area contributed by atoms with E-state index in [9.17, 15) is 9.59 Å². The van der Waals surface area contributed by atoms with Crippen molar-refractivity contribution >= 4 is 11.9 Å². The Balaban J connectivity index is 4.09. The first-order valence-corrected chi connectivity index (χ1v) is 5.50. The molecule has 5 nitrogen and oxygen atoms in total. The lowest BCUT2D eigenvalue weighted by Crippen LogP contribution is -2.36. The molecule has 0 saturated carbocycles. The summed E-state index contributed by atoms with van der Waals surface area (Å²) < 4.78 is 9.47. The van der Waals surface area contributed by atoms with Gasteiger partial charge < -0.3 is 9.47 Å². The van der Waals surface area contributed by atoms with E-state index in [1.165, 1.54) is 7.11 Å². The molecule has 0 fully saturated rings. The van der Waals surface area contributed by atoms with Gasteiger partial charge in [0.15, 0.2) is 0 Å². The molecule has 0 bridgehead atoms. The van der Waals surface area contributed by atoms with E-state index in [1.807, 2.05) is 11.8 Å². The highest BCUT2D eigenvalue weighted by molar-refractivity contribution is 5.73. The van der Waals surface area contributed by atoms with E-state index in [-0.39, 0.29) is 24.4 Å². The summed E-state index contributed by atoms with van der Waals surface area (Å²) in [6, 6.07) is 0. The van der Waals surface area contributed by atoms with E-state index in [2.05, 4.69) is 4.74 Å². The van der Waals surface area contributed by atoms with E-state index in [4.69, 9.17) is 4.74 Å². The molecule has 0 aromatic rings. The molecule has 0 radical (unpaired) electrons. The van der Waals surface area contributed by atoms with Gasteiger partial charge in [0.05, 0.1) is 26.2 Å². The van der Waals surface area contributed by atoms with Crippen molar-refractivity contribution in [2.45, 2.75) is 20.8 Å². The molecule has 1 atom stereocenters. The normalized spacial score (nSPS) is 12.3. The molecule has 0 rings (SSSR count). The zero-order chi connectivity index (χ0) is 12.6. The van der Waals surface area contributed by atoms with Gasteiger partial charge in [-0.05, 0) is 13.5 Å². The van der Waals surface area contributed by atoms with Crippen LogP contribution >= 0.6 is 0 Å². The SMILES string of the molecule is CCOC(=O)CN(CC)CC(C)C(=O)OC. The summed E-state index contributed by atoms with van der Waals surface area (Å²) in [7, 11) is 1.36. The Morgan fingerprint density at radius 3 is 2.38 bits per heavy atom. The van der Waals surface area contributed by atoms with Gasteiger partial charge in [0.2, 0.25) is 0 Å². The van der Waals surface area contributed by atoms with E-state index < -0.39 is 0 Å². The zero-order valence-electron chi connectivity index (χ0n) is 10.5. The molecule has 0 aromatic carbocycles. The first-order chi connectivity index (χ1) is 7.54. The molecule has 0 aliphatic heterocycles. The van der Waals surface area contributed by atoms with Crippen LogP contribution in [0.4, 0.5) is 0 Å². The fourth-order valence-electron chi connectivity index (χ4n) is 1.36. The van der Waals surface area contributed by atoms with Crippen molar-refractivity contribution in [1.29, 1.82) is 0 Å². The molecule has 0 saturated heterocycles. The van der Waals surface area contributed by atoms with Crippen LogP contribution in [0, 0.1) is 5.92 Å². The van der Waals surface area contributed by atoms with Gasteiger partial charge in [0.1, 0.15) is 0 Å². The van der Waals surface area contributed by atoms with Crippen molar-refractivity contribution in [2.24, 2.45) is 5.92 Å². The lowest BCUT2D eigenvalue weighted by molar-refractivity contribution is -0.148. The van der Waals surface area contributed by atoms with E-state index in [1.54, 1.807) is 13.8 Å². The summed E-state index contributed by atoms with van der Waals surface area (Å²) in [5.41, 5.74) is 0. The number of nitrogens with zero attached hydrogens (tertiary/aromatic N) is 1. The molecular weight excluding hydrogens is 210 g/mol. The largest absolute Gasteiger partial charge is 0.469 e. The maximum atomic E-state index is 11.3. The van der Waals surface area contributed by atoms with E-state index >= 15 is 0 Å². The van der Waals surface area contributed by atoms with E-state index in [0.717, 1.165) is 0 Å². The van der Waals surface area contributed by atoms with Crippen molar-refractivity contribution < 1.29 is 19.1 Å². The molecule has 0 aromatic heterocycles. The zero-order valence-corrected chi connectivity index (χ0v) is 10.5. The van der Waals surface area contributed by atoms with Gasteiger partial charge in [-0.1, -0.05) is 13.8 Å². The molecule has 0 spiro atoms. The third kappa shape index (κ3) is 5.70. The molecule has 1 unspecified atom stereocenters. The van der Waals surface area contributed by atoms with Gasteiger partial charge in [-0.2, -0.15) is 0 Å². The average Bonchev–Trinajstić information content (AvgIpc) is 2.27. The minimum atomic E-state index is -0.263. The maximum Gasteiger partial charge on any atom is 0.320 e. The summed E-state index contributed by atoms with van der Waals surface area (Å²) in [5.74, 6) is -0.761. The third-order valence-electron chi connectivity index (χ3n) is 2.24. The summed E-state index contributed by atoms with van der Waals surface area (Å²) in [4.78, 5) is 24.3. The summed E-state index contributed by atoms with van der Waals surface area (Å²) in [6.45, 7) is 7.27. The number of likely N-dealkylation sites (N-methyl/N-ethyl adjacent to an activating group) is 1. The number of esters is 2. The van der Waals surface area contributed by atoms with E-state index in [0.29, 0.717) is 19.7 Å². The van der Waals surface area contributed by atoms with Crippen LogP contribution in [-0.2, 0) is 19.1 Å². The Morgan fingerprint density at radius 2 is 1.94 bits per heavy atom. The summed E-state index contributed by atoms with van der Waals surface area (Å²) >= 11 is 0. The number of rotatable bonds is 7. The number of methoxy groups -OCH3 is 1. The number of ether oxygens (including phenoxy) is 2. The Kier molecular flexibility index (Phi) is 7.54. The summed E-state index contributed by atoms with van der Waals surface area (Å²) in [6.07, 6.45) is 0. The van der Waals surface area contributed by atoms with Gasteiger partial charge in [-0.25, -0.2) is 0 Å². The topological polar surface area (TPSA) is 55.8 Å². The standard InChI is InChI=1S/C11H21NO4/c1-5-12(8-10(13)16-6-2)7-9(3)11(14)15-4/h9H,5-8H2,1-4H3. The first-order valence-electron chi connectivity index (χ1n) is 5.50. The van der Waals surface area contributed by atoms with Crippen molar-refractivity contribution in [1.82, 2.24) is 4.90 Å². The van der Waals surface area contributed by atoms with Crippen LogP contribution in [0.15, 0.2) is 0 Å². The monoisotopic (exact) mass is 231 g/mol. The number of carbonyl (C=O) groups excluding carboxylic acids is 2. The van der Waals surface area contributed by atoms with Crippen LogP contribution in [0.1, 0.15) is 20.8 Å². The molecule has 0 heterocycles. The quantitative estimate of drug-likeness (QED) is 0.603. The van der Waals surface area contributed by atoms with Gasteiger partial charge in [-0.15, -0.1) is 0 Å². The predicted molar refractivity (Wildman–Crippen MR) is 59.9 cm³/mol. The average molecular weight is 231 g/mol. The molecule has 0 aliphatic rings. The second kappa shape index (κ2) is 8.10. The minimum absolute atomic E-state index is 0.214. The van der Waals surface area contributed by atoms with Crippen LogP contribution in [0.25, 0.3) is 0 Å². The van der Waals surface area contributed by atoms with Crippen LogP contribution in [-0.4, -0.2) is 50.2 Å². The molecule has 16 heavy (non-hydrogen) atoms. The van der Waals surface area contributed by atoms with Crippen LogP contribution in [0.5, 0.6) is 0 Å². The van der Waals surface area contributed by atoms with Crippen LogP contribution in [0.2, 0.25) is 0 Å². The second-order valence-electron chi connectivity index (χ2n) is 3.56. The number of hydrogen-bond acceptors (Lipinski definition) is 5. The number of carbonyl (C=O) groups is 2. The Bertz CT molecular complexity index is 230. The van der Waals surface area contributed by atoms with Gasteiger partial charge in [0, 0.05) is 6.54 Å². The lowest BCUT2D eigenvalue weighted by Gasteiger charge is -2.21. The second-order valence-corrected chi connectivity index (χ2v) is 3.56. The highest BCUT2D eigenvalue weighted by Gasteiger charge is 2.18. The predicted octanol–water partition coefficient (Wildman–Crippen LogP) is 0.680. The highest BCUT2D eigenvalue weighted by Crippen LogP contribution is 2.02. The molecule has 94 valence electrons. The van der Waals surface area contributed by atoms with Crippen molar-refractivity contribution in [2.75, 3.05) is 33.4 Å². The fraction of sp³-hybridized carbons (Fsp3) is 0.818. The molecule has 0 N–H and O–H groups in total. The van der Waals surface area contributed by atoms with Gasteiger partial charge >= 0.3 is 11.9 Å². The lowest BCUT2D eigenvalue weighted by atomic mass is 10.1. The van der Waals surface area contributed by atoms with Crippen LogP contribution in [0.3, 0.4) is 0 Å². The molecule has 5 heteroatoms. The molecule has 0 aliphatic carbocycles. The number of hydrogen-bond donors (Lipinski definition) is 0. The Morgan fingerprint density at radius 1 is 1.31 bits per heavy atom. The maximum absolute atomic E-state index is 11.3. The highest BCUT2D eigenvalue weighted by atomic mass is 16.5. The fourth-order valence-corrected chi connectivity index (χ4v) is 1.36. The van der Waals surface area contributed by atoms with Gasteiger partial charge in [-0.3, -0.25) is 14.5 Å². The molecular formula is C11H21NO4. The van der Waals surface area contributed by atoms with Crippen LogP contribution < -0.4 is 0 Å². The Labute approximate surface area is 96.7 Å². The van der Waals surface area contributed by atoms with Crippen molar-refractivity contribution in [3.63, 3.8) is 0 Å². The smallest absolute Gasteiger partial charge is 0.320 e. The minimum Gasteiger partial charge on any atom is -0.469 e. The van der Waals surface area contributed by atoms with Crippen molar-refractivity contribution in [3.05, 3.63) is 0 Å². The molecule has 0 amide bonds. The summed E-state index contributed by atoms with van der Waals surface area (Å²) in [5, 5.41) is 0. The first kappa shape index (κ1) is 14.9. The Hall–Kier alpha value is -1.10. The third-order valence-corrected chi connectivity index (χ3v) is 2.24.